The molecule has 22 heavy (non-hydrogen) atoms. The van der Waals surface area contributed by atoms with Crippen molar-refractivity contribution in [1.29, 1.82) is 0 Å². The first-order valence-corrected chi connectivity index (χ1v) is 9.84. The predicted molar refractivity (Wildman–Crippen MR) is 91.8 cm³/mol. The maximum atomic E-state index is 4.83. The van der Waals surface area contributed by atoms with Gasteiger partial charge in [-0.2, -0.15) is 26.7 Å². The van der Waals surface area contributed by atoms with Gasteiger partial charge in [-0.3, -0.25) is 0 Å². The number of aromatic nitrogens is 3. The van der Waals surface area contributed by atoms with Gasteiger partial charge in [0, 0.05) is 36.6 Å². The molecule has 0 radical (unpaired) electrons. The second kappa shape index (κ2) is 6.22. The van der Waals surface area contributed by atoms with E-state index < -0.39 is 0 Å². The van der Waals surface area contributed by atoms with Crippen molar-refractivity contribution in [3.63, 3.8) is 0 Å². The van der Waals surface area contributed by atoms with Crippen LogP contribution in [0.1, 0.15) is 50.8 Å². The Morgan fingerprint density at radius 2 is 2.00 bits per heavy atom. The SMILES string of the molecule is CCCC1CC1c1nc(NC2CC2)nc(N2CCSCC2)n1. The zero-order valence-electron chi connectivity index (χ0n) is 13.3. The van der Waals surface area contributed by atoms with Gasteiger partial charge in [0.25, 0.3) is 0 Å². The average Bonchev–Trinajstić information content (AvgIpc) is 3.45. The van der Waals surface area contributed by atoms with Gasteiger partial charge in [0.15, 0.2) is 0 Å². The molecule has 0 aromatic carbocycles. The Morgan fingerprint density at radius 1 is 1.18 bits per heavy atom. The minimum absolute atomic E-state index is 0.570. The van der Waals surface area contributed by atoms with E-state index in [-0.39, 0.29) is 0 Å². The van der Waals surface area contributed by atoms with E-state index in [9.17, 15) is 0 Å². The van der Waals surface area contributed by atoms with Crippen LogP contribution in [0.5, 0.6) is 0 Å². The highest BCUT2D eigenvalue weighted by Crippen LogP contribution is 2.49. The smallest absolute Gasteiger partial charge is 0.230 e. The van der Waals surface area contributed by atoms with Crippen molar-refractivity contribution in [2.45, 2.75) is 51.0 Å². The van der Waals surface area contributed by atoms with Crippen LogP contribution in [-0.4, -0.2) is 45.6 Å². The third-order valence-corrected chi connectivity index (χ3v) is 5.70. The van der Waals surface area contributed by atoms with Gasteiger partial charge in [-0.1, -0.05) is 13.3 Å². The molecule has 2 aliphatic carbocycles. The lowest BCUT2D eigenvalue weighted by Crippen LogP contribution is -2.34. The summed E-state index contributed by atoms with van der Waals surface area (Å²) >= 11 is 2.02. The molecule has 0 spiro atoms. The van der Waals surface area contributed by atoms with Crippen molar-refractivity contribution in [2.75, 3.05) is 34.8 Å². The van der Waals surface area contributed by atoms with E-state index in [1.54, 1.807) is 0 Å². The molecule has 3 aliphatic rings. The zero-order valence-corrected chi connectivity index (χ0v) is 14.1. The van der Waals surface area contributed by atoms with Gasteiger partial charge in [-0.25, -0.2) is 0 Å². The number of hydrogen-bond donors (Lipinski definition) is 1. The lowest BCUT2D eigenvalue weighted by atomic mass is 10.2. The largest absolute Gasteiger partial charge is 0.351 e. The van der Waals surface area contributed by atoms with Crippen LogP contribution in [0.2, 0.25) is 0 Å². The summed E-state index contributed by atoms with van der Waals surface area (Å²) in [6.45, 7) is 4.37. The van der Waals surface area contributed by atoms with Gasteiger partial charge < -0.3 is 10.2 Å². The first kappa shape index (κ1) is 14.5. The second-order valence-corrected chi connectivity index (χ2v) is 7.95. The molecule has 1 aliphatic heterocycles. The quantitative estimate of drug-likeness (QED) is 0.870. The van der Waals surface area contributed by atoms with Crippen LogP contribution in [0, 0.1) is 5.92 Å². The molecule has 1 aromatic rings. The summed E-state index contributed by atoms with van der Waals surface area (Å²) < 4.78 is 0. The minimum Gasteiger partial charge on any atom is -0.351 e. The van der Waals surface area contributed by atoms with Gasteiger partial charge in [0.1, 0.15) is 5.82 Å². The molecule has 0 amide bonds. The Balaban J connectivity index is 1.56. The molecule has 2 atom stereocenters. The highest BCUT2D eigenvalue weighted by Gasteiger charge is 2.40. The van der Waals surface area contributed by atoms with Crippen molar-refractivity contribution in [2.24, 2.45) is 5.92 Å². The summed E-state index contributed by atoms with van der Waals surface area (Å²) in [5.74, 6) is 6.46. The van der Waals surface area contributed by atoms with Crippen molar-refractivity contribution < 1.29 is 0 Å². The van der Waals surface area contributed by atoms with Crippen LogP contribution in [0.25, 0.3) is 0 Å². The van der Waals surface area contributed by atoms with E-state index in [2.05, 4.69) is 17.1 Å². The van der Waals surface area contributed by atoms with Gasteiger partial charge in [-0.05, 0) is 31.6 Å². The fourth-order valence-electron chi connectivity index (χ4n) is 3.18. The van der Waals surface area contributed by atoms with Crippen LogP contribution >= 0.6 is 11.8 Å². The van der Waals surface area contributed by atoms with Gasteiger partial charge in [-0.15, -0.1) is 0 Å². The summed E-state index contributed by atoms with van der Waals surface area (Å²) in [6, 6.07) is 0.589. The first-order chi connectivity index (χ1) is 10.8. The topological polar surface area (TPSA) is 53.9 Å². The molecule has 0 bridgehead atoms. The normalized spacial score (nSPS) is 27.8. The van der Waals surface area contributed by atoms with Gasteiger partial charge in [0.05, 0.1) is 0 Å². The fourth-order valence-corrected chi connectivity index (χ4v) is 4.08. The lowest BCUT2D eigenvalue weighted by Gasteiger charge is -2.26. The number of nitrogens with zero attached hydrogens (tertiary/aromatic N) is 4. The van der Waals surface area contributed by atoms with Crippen molar-refractivity contribution >= 4 is 23.7 Å². The minimum atomic E-state index is 0.570. The summed E-state index contributed by atoms with van der Waals surface area (Å²) in [6.07, 6.45) is 6.32. The average molecular weight is 319 g/mol. The number of anilines is 2. The van der Waals surface area contributed by atoms with Gasteiger partial charge >= 0.3 is 0 Å². The van der Waals surface area contributed by atoms with Crippen LogP contribution in [-0.2, 0) is 0 Å². The van der Waals surface area contributed by atoms with Crippen molar-refractivity contribution in [3.8, 4) is 0 Å². The summed E-state index contributed by atoms with van der Waals surface area (Å²) in [5.41, 5.74) is 0. The fraction of sp³-hybridized carbons (Fsp3) is 0.812. The maximum absolute atomic E-state index is 4.83. The molecule has 1 N–H and O–H groups in total. The Bertz CT molecular complexity index is 527. The Hall–Kier alpha value is -1.04. The Morgan fingerprint density at radius 3 is 2.73 bits per heavy atom. The maximum Gasteiger partial charge on any atom is 0.230 e. The van der Waals surface area contributed by atoms with Crippen molar-refractivity contribution in [3.05, 3.63) is 5.82 Å². The first-order valence-electron chi connectivity index (χ1n) is 8.68. The molecule has 2 unspecified atom stereocenters. The molecule has 4 rings (SSSR count). The molecule has 6 heteroatoms. The van der Waals surface area contributed by atoms with E-state index >= 15 is 0 Å². The van der Waals surface area contributed by atoms with E-state index in [4.69, 9.17) is 15.0 Å². The molecule has 5 nitrogen and oxygen atoms in total. The molecule has 1 aromatic heterocycles. The second-order valence-electron chi connectivity index (χ2n) is 6.73. The number of thioether (sulfide) groups is 1. The summed E-state index contributed by atoms with van der Waals surface area (Å²) in [7, 11) is 0. The molecule has 2 heterocycles. The lowest BCUT2D eigenvalue weighted by molar-refractivity contribution is 0.670. The van der Waals surface area contributed by atoms with E-state index in [0.29, 0.717) is 12.0 Å². The zero-order chi connectivity index (χ0) is 14.9. The number of rotatable bonds is 6. The third kappa shape index (κ3) is 3.31. The highest BCUT2D eigenvalue weighted by atomic mass is 32.2. The number of hydrogen-bond acceptors (Lipinski definition) is 6. The summed E-state index contributed by atoms with van der Waals surface area (Å²) in [5, 5.41) is 3.47. The van der Waals surface area contributed by atoms with Crippen LogP contribution in [0.4, 0.5) is 11.9 Å². The third-order valence-electron chi connectivity index (χ3n) is 4.76. The summed E-state index contributed by atoms with van der Waals surface area (Å²) in [4.78, 5) is 16.6. The molecule has 2 saturated carbocycles. The monoisotopic (exact) mass is 319 g/mol. The van der Waals surface area contributed by atoms with Crippen LogP contribution < -0.4 is 10.2 Å². The Labute approximate surface area is 136 Å². The molecule has 120 valence electrons. The standard InChI is InChI=1S/C16H25N5S/c1-2-3-11-10-13(11)14-18-15(17-12-4-5-12)20-16(19-14)21-6-8-22-9-7-21/h11-13H,2-10H2,1H3,(H,17,18,19,20). The predicted octanol–water partition coefficient (Wildman–Crippen LogP) is 2.90. The molecule has 1 saturated heterocycles. The van der Waals surface area contributed by atoms with Gasteiger partial charge in [0.2, 0.25) is 11.9 Å². The van der Waals surface area contributed by atoms with Crippen LogP contribution in [0.15, 0.2) is 0 Å². The van der Waals surface area contributed by atoms with E-state index in [0.717, 1.165) is 36.7 Å². The van der Waals surface area contributed by atoms with E-state index in [1.807, 2.05) is 11.8 Å². The highest BCUT2D eigenvalue weighted by molar-refractivity contribution is 7.99. The molecule has 3 fully saturated rings. The molecular weight excluding hydrogens is 294 g/mol. The molecular formula is C16H25N5S. The van der Waals surface area contributed by atoms with Crippen LogP contribution in [0.3, 0.4) is 0 Å². The van der Waals surface area contributed by atoms with E-state index in [1.165, 1.54) is 43.6 Å². The number of nitrogens with one attached hydrogen (secondary N) is 1. The Kier molecular flexibility index (Phi) is 4.11. The van der Waals surface area contributed by atoms with Crippen molar-refractivity contribution in [1.82, 2.24) is 15.0 Å².